The summed E-state index contributed by atoms with van der Waals surface area (Å²) in [6.45, 7) is 39.9. The maximum absolute atomic E-state index is 13.1. The van der Waals surface area contributed by atoms with E-state index in [1.807, 2.05) is 100 Å². The van der Waals surface area contributed by atoms with Crippen LogP contribution < -0.4 is 0 Å². The predicted octanol–water partition coefficient (Wildman–Crippen LogP) is 17.9. The van der Waals surface area contributed by atoms with Crippen molar-refractivity contribution in [2.24, 2.45) is 0 Å². The minimum absolute atomic E-state index is 0.0798. The van der Waals surface area contributed by atoms with E-state index in [4.69, 9.17) is 26.3 Å². The molecule has 0 amide bonds. The fraction of sp³-hybridized carbons (Fsp3) is 0.286. The summed E-state index contributed by atoms with van der Waals surface area (Å²) in [5.74, 6) is -2.56. The fourth-order valence-electron chi connectivity index (χ4n) is 12.5. The highest BCUT2D eigenvalue weighted by Crippen LogP contribution is 2.42. The summed E-state index contributed by atoms with van der Waals surface area (Å²) in [6, 6.07) is 34.8. The van der Waals surface area contributed by atoms with Crippen molar-refractivity contribution in [1.82, 2.24) is 39.1 Å². The molecule has 0 bridgehead atoms. The van der Waals surface area contributed by atoms with Gasteiger partial charge in [-0.1, -0.05) is 121 Å². The van der Waals surface area contributed by atoms with Gasteiger partial charge < -0.3 is 20.4 Å². The number of halogens is 12. The van der Waals surface area contributed by atoms with Crippen LogP contribution in [0.2, 0.25) is 0 Å². The Morgan fingerprint density at radius 2 is 0.595 bits per heavy atom. The number of ketones is 4. The third-order valence-corrected chi connectivity index (χ3v) is 19.1. The Morgan fingerprint density at radius 3 is 0.836 bits per heavy atom. The summed E-state index contributed by atoms with van der Waals surface area (Å²) in [7, 11) is 0. The molecule has 0 unspecified atom stereocenters. The lowest BCUT2D eigenvalue weighted by Gasteiger charge is -2.22. The lowest BCUT2D eigenvalue weighted by atomic mass is 9.94. The first-order valence-corrected chi connectivity index (χ1v) is 35.1. The SMILES string of the molecule is [C-]#[N+]c1ccc(CC(=O)[C@@](C)(O)Cn2cc3c(C)cccc3n2)cc1C(F)(F)F.[C-]#[N+]c1ccc(CC(=O)[C@@](C)(O)Cn2cc3c(C)cccc3n2)cc1C(F)(F)F.[C-]#[N+]c1ccc(CC(=O)[C@@](C)(O)Cn2ncc3c(C)cccc32)cc1C(F)(F)F.[C-]#[N+]c1ccc(CC(=O)[C@@](C)(O)Cn2ncc3c(C)cccc32)cc1C(F)(F)F. The number of carbonyl (C=O) groups excluding carboxylic acids is 4. The Kier molecular flexibility index (Phi) is 25.7. The van der Waals surface area contributed by atoms with Crippen molar-refractivity contribution < 1.29 is 92.3 Å². The van der Waals surface area contributed by atoms with Crippen LogP contribution in [0.3, 0.4) is 0 Å². The molecule has 0 spiro atoms. The Morgan fingerprint density at radius 1 is 0.353 bits per heavy atom. The first-order chi connectivity index (χ1) is 54.1. The molecule has 8 aromatic carbocycles. The molecule has 0 aliphatic rings. The van der Waals surface area contributed by atoms with Crippen molar-refractivity contribution in [3.8, 4) is 0 Å². The first kappa shape index (κ1) is 87.2. The summed E-state index contributed by atoms with van der Waals surface area (Å²) in [6.07, 6.45) is -13.7. The van der Waals surface area contributed by atoms with E-state index < -0.39 is 141 Å². The maximum atomic E-state index is 13.1. The second kappa shape index (κ2) is 34.1. The summed E-state index contributed by atoms with van der Waals surface area (Å²) >= 11 is 0. The zero-order valence-corrected chi connectivity index (χ0v) is 63.1. The molecule has 4 atom stereocenters. The third kappa shape index (κ3) is 20.8. The number of nitrogens with zero attached hydrogens (tertiary/aromatic N) is 12. The van der Waals surface area contributed by atoms with Crippen molar-refractivity contribution in [2.75, 3.05) is 0 Å². The molecule has 0 aliphatic heterocycles. The molecule has 12 aromatic rings. The molecule has 0 saturated heterocycles. The highest BCUT2D eigenvalue weighted by Gasteiger charge is 2.41. The van der Waals surface area contributed by atoms with Gasteiger partial charge in [-0.3, -0.25) is 37.9 Å². The first-order valence-electron chi connectivity index (χ1n) is 35.1. The topological polar surface area (TPSA) is 238 Å². The number of aryl methyl sites for hydroxylation is 4. The molecule has 4 heterocycles. The van der Waals surface area contributed by atoms with Crippen LogP contribution in [0.25, 0.3) is 63.0 Å². The van der Waals surface area contributed by atoms with Crippen LogP contribution in [-0.4, -0.2) is 105 Å². The zero-order chi connectivity index (χ0) is 85.6. The smallest absolute Gasteiger partial charge is 0.380 e. The van der Waals surface area contributed by atoms with Gasteiger partial charge in [0, 0.05) is 59.6 Å². The average molecular weight is 1610 g/mol. The third-order valence-electron chi connectivity index (χ3n) is 19.1. The highest BCUT2D eigenvalue weighted by atomic mass is 19.4. The van der Waals surface area contributed by atoms with Gasteiger partial charge in [0.25, 0.3) is 0 Å². The van der Waals surface area contributed by atoms with Gasteiger partial charge in [0.15, 0.2) is 45.9 Å². The van der Waals surface area contributed by atoms with Gasteiger partial charge in [-0.05, 0) is 124 Å². The van der Waals surface area contributed by atoms with Gasteiger partial charge in [0.1, 0.15) is 22.4 Å². The van der Waals surface area contributed by atoms with Crippen molar-refractivity contribution >= 4 is 89.5 Å². The van der Waals surface area contributed by atoms with Crippen molar-refractivity contribution in [2.45, 2.75) is 154 Å². The highest BCUT2D eigenvalue weighted by molar-refractivity contribution is 5.92. The number of rotatable bonds is 20. The van der Waals surface area contributed by atoms with Crippen molar-refractivity contribution in [1.29, 1.82) is 0 Å². The Labute approximate surface area is 655 Å². The molecular formula is C84H72F12N12O8. The van der Waals surface area contributed by atoms with E-state index in [2.05, 4.69) is 39.8 Å². The molecule has 12 rings (SSSR count). The van der Waals surface area contributed by atoms with E-state index in [0.29, 0.717) is 0 Å². The number of hydrogen-bond acceptors (Lipinski definition) is 12. The number of aromatic nitrogens is 8. The minimum atomic E-state index is -4.70. The van der Waals surface area contributed by atoms with Gasteiger partial charge in [-0.2, -0.15) is 73.1 Å². The van der Waals surface area contributed by atoms with E-state index >= 15 is 0 Å². The largest absolute Gasteiger partial charge is 0.407 e. The molecule has 20 nitrogen and oxygen atoms in total. The maximum Gasteiger partial charge on any atom is 0.407 e. The summed E-state index contributed by atoms with van der Waals surface area (Å²) in [5.41, 5.74) is -6.55. The fourth-order valence-corrected chi connectivity index (χ4v) is 12.5. The van der Waals surface area contributed by atoms with Gasteiger partial charge in [-0.15, -0.1) is 0 Å². The molecule has 4 N–H and O–H groups in total. The molecule has 32 heteroatoms. The zero-order valence-electron chi connectivity index (χ0n) is 63.1. The predicted molar refractivity (Wildman–Crippen MR) is 406 cm³/mol. The summed E-state index contributed by atoms with van der Waals surface area (Å²) in [4.78, 5) is 62.0. The average Bonchev–Trinajstić information content (AvgIpc) is 1.36. The van der Waals surface area contributed by atoms with Crippen LogP contribution in [-0.2, 0) is 95.7 Å². The van der Waals surface area contributed by atoms with E-state index in [-0.39, 0.29) is 48.4 Å². The van der Waals surface area contributed by atoms with E-state index in [1.54, 1.807) is 24.8 Å². The molecular weight excluding hydrogens is 1530 g/mol. The number of aliphatic hydroxyl groups is 4. The number of benzene rings is 8. The quantitative estimate of drug-likeness (QED) is 0.0412. The second-order valence-electron chi connectivity index (χ2n) is 28.6. The molecule has 0 saturated carbocycles. The number of carbonyl (C=O) groups is 4. The number of alkyl halides is 12. The normalized spacial score (nSPS) is 13.8. The van der Waals surface area contributed by atoms with Gasteiger partial charge >= 0.3 is 24.7 Å². The van der Waals surface area contributed by atoms with Crippen LogP contribution in [0.15, 0.2) is 170 Å². The van der Waals surface area contributed by atoms with E-state index in [1.165, 1.54) is 70.7 Å². The van der Waals surface area contributed by atoms with Crippen molar-refractivity contribution in [3.05, 3.63) is 283 Å². The molecule has 0 radical (unpaired) electrons. The molecule has 0 fully saturated rings. The number of fused-ring (bicyclic) bond motifs is 4. The Bertz CT molecular complexity index is 5550. The monoisotopic (exact) mass is 1600 g/mol. The van der Waals surface area contributed by atoms with Gasteiger partial charge in [0.2, 0.25) is 0 Å². The van der Waals surface area contributed by atoms with Gasteiger partial charge in [0.05, 0.1) is 109 Å². The number of hydrogen-bond donors (Lipinski definition) is 4. The van der Waals surface area contributed by atoms with E-state index in [9.17, 15) is 92.3 Å². The van der Waals surface area contributed by atoms with Gasteiger partial charge in [-0.25, -0.2) is 19.4 Å². The van der Waals surface area contributed by atoms with E-state index in [0.717, 1.165) is 114 Å². The standard InChI is InChI=1S/4C21H18F3N3O2/c2*1-13-5-4-6-18-15(13)11-26-27(18)12-20(2,29)19(28)10-14-7-8-17(25-3)16(9-14)21(22,23)24;2*1-13-5-4-6-17-15(13)11-27(26-17)12-20(2,29)19(28)10-14-7-8-18(25-3)16(9-14)21(22,23)24/h4*4-9,11,29H,10,12H2,1-2H3/t4*20-/m0000/s1. The van der Waals surface area contributed by atoms with Crippen LogP contribution in [0.5, 0.6) is 0 Å². The lowest BCUT2D eigenvalue weighted by Crippen LogP contribution is -2.41. The Balaban J connectivity index is 0.000000177. The van der Waals surface area contributed by atoms with Crippen LogP contribution in [0.4, 0.5) is 75.4 Å². The number of Topliss-reactive ketones (excluding diaryl/α,β-unsaturated/α-hetero) is 4. The summed E-state index contributed by atoms with van der Waals surface area (Å²) < 4.78 is 163. The molecule has 0 aliphatic carbocycles. The van der Waals surface area contributed by atoms with Crippen LogP contribution in [0, 0.1) is 54.0 Å². The molecule has 116 heavy (non-hydrogen) atoms. The van der Waals surface area contributed by atoms with Crippen LogP contribution in [0.1, 0.15) is 94.5 Å². The molecule has 4 aromatic heterocycles. The minimum Gasteiger partial charge on any atom is -0.380 e. The lowest BCUT2D eigenvalue weighted by molar-refractivity contribution is -0.138. The molecule has 600 valence electrons. The summed E-state index contributed by atoms with van der Waals surface area (Å²) in [5, 5.41) is 63.4. The second-order valence-corrected chi connectivity index (χ2v) is 28.6. The Hall–Kier alpha value is -12.7. The van der Waals surface area contributed by atoms with Crippen molar-refractivity contribution in [3.63, 3.8) is 0 Å². The van der Waals surface area contributed by atoms with Crippen LogP contribution >= 0.6 is 0 Å².